The van der Waals surface area contributed by atoms with Gasteiger partial charge in [-0.05, 0) is 91.8 Å². The second-order valence-electron chi connectivity index (χ2n) is 8.89. The first-order chi connectivity index (χ1) is 15.4. The third-order valence-electron chi connectivity index (χ3n) is 6.16. The van der Waals surface area contributed by atoms with Crippen LogP contribution in [0.25, 0.3) is 11.1 Å². The molecule has 162 valence electrons. The molecule has 3 aromatic rings. The van der Waals surface area contributed by atoms with E-state index in [1.54, 1.807) is 0 Å². The highest BCUT2D eigenvalue weighted by Gasteiger charge is 2.36. The number of aryl methyl sites for hydroxylation is 5. The third kappa shape index (κ3) is 3.76. The predicted octanol–water partition coefficient (Wildman–Crippen LogP) is 7.56. The number of allylic oxidation sites excluding steroid dienone is 1. The van der Waals surface area contributed by atoms with E-state index < -0.39 is 8.38 Å². The highest BCUT2D eigenvalue weighted by atomic mass is 31.2. The van der Waals surface area contributed by atoms with Crippen molar-refractivity contribution in [1.82, 2.24) is 0 Å². The van der Waals surface area contributed by atoms with Crippen LogP contribution in [-0.2, 0) is 6.42 Å². The zero-order chi connectivity index (χ0) is 22.4. The van der Waals surface area contributed by atoms with E-state index in [0.29, 0.717) is 0 Å². The van der Waals surface area contributed by atoms with Crippen LogP contribution in [0.4, 0.5) is 0 Å². The van der Waals surface area contributed by atoms with Gasteiger partial charge in [-0.25, -0.2) is 0 Å². The lowest BCUT2D eigenvalue weighted by atomic mass is 9.90. The molecule has 0 radical (unpaired) electrons. The lowest BCUT2D eigenvalue weighted by Gasteiger charge is -2.25. The van der Waals surface area contributed by atoms with E-state index in [4.69, 9.17) is 14.0 Å². The molecular formula is C28H28NO2P. The van der Waals surface area contributed by atoms with Crippen molar-refractivity contribution in [2.24, 2.45) is 4.99 Å². The summed E-state index contributed by atoms with van der Waals surface area (Å²) in [7, 11) is -1.32. The lowest BCUT2D eigenvalue weighted by Crippen LogP contribution is -2.10. The molecule has 5 rings (SSSR count). The molecule has 0 N–H and O–H groups in total. The van der Waals surface area contributed by atoms with Gasteiger partial charge in [0.2, 0.25) is 0 Å². The van der Waals surface area contributed by atoms with Crippen LogP contribution in [0.1, 0.15) is 33.4 Å². The summed E-state index contributed by atoms with van der Waals surface area (Å²) in [6.45, 7) is 10.8. The Bertz CT molecular complexity index is 1250. The number of nitrogens with zero attached hydrogens (tertiary/aromatic N) is 1. The molecular weight excluding hydrogens is 413 g/mol. The highest BCUT2D eigenvalue weighted by Crippen LogP contribution is 2.54. The average molecular weight is 442 g/mol. The van der Waals surface area contributed by atoms with Crippen LogP contribution in [0.2, 0.25) is 0 Å². The molecule has 32 heavy (non-hydrogen) atoms. The normalized spacial score (nSPS) is 19.0. The zero-order valence-electron chi connectivity index (χ0n) is 19.3. The summed E-state index contributed by atoms with van der Waals surface area (Å²) in [6, 6.07) is 17.1. The third-order valence-corrected chi connectivity index (χ3v) is 7.78. The van der Waals surface area contributed by atoms with Gasteiger partial charge in [-0.1, -0.05) is 42.0 Å². The van der Waals surface area contributed by atoms with Gasteiger partial charge in [0.15, 0.2) is 5.78 Å². The molecule has 2 aliphatic heterocycles. The van der Waals surface area contributed by atoms with Gasteiger partial charge in [0.25, 0.3) is 0 Å². The SMILES string of the molecule is Cc1cc(C)c(-c2c(C)cc(C)cc2OP2Oc3ccccc3CC3=CC=NC32)c(C)c1. The van der Waals surface area contributed by atoms with Crippen LogP contribution >= 0.6 is 8.38 Å². The van der Waals surface area contributed by atoms with Crippen LogP contribution in [0.5, 0.6) is 11.5 Å². The number of hydrogen-bond acceptors (Lipinski definition) is 3. The zero-order valence-corrected chi connectivity index (χ0v) is 20.2. The lowest BCUT2D eigenvalue weighted by molar-refractivity contribution is 0.484. The van der Waals surface area contributed by atoms with Crippen molar-refractivity contribution in [2.45, 2.75) is 46.8 Å². The van der Waals surface area contributed by atoms with Gasteiger partial charge >= 0.3 is 8.38 Å². The second kappa shape index (κ2) is 8.22. The minimum absolute atomic E-state index is 0.0775. The molecule has 0 aliphatic carbocycles. The Morgan fingerprint density at radius 3 is 2.28 bits per heavy atom. The maximum Gasteiger partial charge on any atom is 0.321 e. The molecule has 2 atom stereocenters. The van der Waals surface area contributed by atoms with E-state index in [2.05, 4.69) is 77.1 Å². The molecule has 2 aliphatic rings. The smallest absolute Gasteiger partial charge is 0.321 e. The van der Waals surface area contributed by atoms with E-state index >= 15 is 0 Å². The molecule has 0 saturated heterocycles. The summed E-state index contributed by atoms with van der Waals surface area (Å²) >= 11 is 0. The molecule has 3 nitrogen and oxygen atoms in total. The van der Waals surface area contributed by atoms with Gasteiger partial charge in [-0.3, -0.25) is 4.99 Å². The standard InChI is InChI=1S/C28H28NO2P/c1-17-12-19(3)26(20(4)13-17)27-21(5)14-18(2)15-25(27)31-32-28-23(10-11-29-28)16-22-8-6-7-9-24(22)30-32/h6-15,28H,16H2,1-5H3. The maximum atomic E-state index is 6.78. The summed E-state index contributed by atoms with van der Waals surface area (Å²) in [5, 5.41) is 0. The Morgan fingerprint density at radius 1 is 0.875 bits per heavy atom. The number of fused-ring (bicyclic) bond motifs is 2. The van der Waals surface area contributed by atoms with Crippen molar-refractivity contribution < 1.29 is 9.05 Å². The van der Waals surface area contributed by atoms with E-state index in [-0.39, 0.29) is 5.78 Å². The molecule has 0 aromatic heterocycles. The maximum absolute atomic E-state index is 6.78. The molecule has 4 heteroatoms. The van der Waals surface area contributed by atoms with Crippen molar-refractivity contribution in [3.8, 4) is 22.6 Å². The Kier molecular flexibility index (Phi) is 5.39. The summed E-state index contributed by atoms with van der Waals surface area (Å²) in [5.41, 5.74) is 11.0. The Labute approximate surface area is 191 Å². The number of aliphatic imine (C=N–C) groups is 1. The van der Waals surface area contributed by atoms with Crippen LogP contribution in [0, 0.1) is 34.6 Å². The number of para-hydroxylation sites is 1. The van der Waals surface area contributed by atoms with Gasteiger partial charge in [0.1, 0.15) is 11.5 Å². The number of rotatable bonds is 3. The summed E-state index contributed by atoms with van der Waals surface area (Å²) in [5.74, 6) is 1.70. The minimum Gasteiger partial charge on any atom is -0.437 e. The monoisotopic (exact) mass is 441 g/mol. The molecule has 0 spiro atoms. The molecule has 0 saturated carbocycles. The Balaban J connectivity index is 1.62. The molecule has 2 heterocycles. The first kappa shape index (κ1) is 21.0. The van der Waals surface area contributed by atoms with Crippen molar-refractivity contribution in [3.05, 3.63) is 93.6 Å². The molecule has 0 bridgehead atoms. The fourth-order valence-electron chi connectivity index (χ4n) is 4.91. The van der Waals surface area contributed by atoms with Gasteiger partial charge in [0, 0.05) is 18.2 Å². The summed E-state index contributed by atoms with van der Waals surface area (Å²) < 4.78 is 13.3. The van der Waals surface area contributed by atoms with Crippen molar-refractivity contribution >= 4 is 14.6 Å². The van der Waals surface area contributed by atoms with Crippen LogP contribution in [-0.4, -0.2) is 12.0 Å². The molecule has 2 unspecified atom stereocenters. The largest absolute Gasteiger partial charge is 0.437 e. The van der Waals surface area contributed by atoms with Gasteiger partial charge in [0.05, 0.1) is 0 Å². The quantitative estimate of drug-likeness (QED) is 0.393. The minimum atomic E-state index is -1.32. The molecule has 0 amide bonds. The summed E-state index contributed by atoms with van der Waals surface area (Å²) in [4.78, 5) is 4.73. The first-order valence-electron chi connectivity index (χ1n) is 11.1. The van der Waals surface area contributed by atoms with Gasteiger partial charge in [-0.15, -0.1) is 0 Å². The fourth-order valence-corrected chi connectivity index (χ4v) is 6.49. The van der Waals surface area contributed by atoms with Gasteiger partial charge < -0.3 is 9.05 Å². The molecule has 3 aromatic carbocycles. The average Bonchev–Trinajstić information content (AvgIpc) is 3.12. The second-order valence-corrected chi connectivity index (χ2v) is 10.3. The Morgan fingerprint density at radius 2 is 1.53 bits per heavy atom. The van der Waals surface area contributed by atoms with Crippen molar-refractivity contribution in [3.63, 3.8) is 0 Å². The summed E-state index contributed by atoms with van der Waals surface area (Å²) in [6.07, 6.45) is 4.86. The van der Waals surface area contributed by atoms with Crippen molar-refractivity contribution in [1.29, 1.82) is 0 Å². The van der Waals surface area contributed by atoms with E-state index in [0.717, 1.165) is 23.5 Å². The van der Waals surface area contributed by atoms with Gasteiger partial charge in [-0.2, -0.15) is 0 Å². The first-order valence-corrected chi connectivity index (χ1v) is 12.3. The van der Waals surface area contributed by atoms with Crippen LogP contribution in [0.3, 0.4) is 0 Å². The fraction of sp³-hybridized carbons (Fsp3) is 0.250. The van der Waals surface area contributed by atoms with E-state index in [1.807, 2.05) is 18.3 Å². The topological polar surface area (TPSA) is 30.8 Å². The number of hydrogen-bond donors (Lipinski definition) is 0. The van der Waals surface area contributed by atoms with E-state index in [1.165, 1.54) is 44.5 Å². The molecule has 0 fully saturated rings. The van der Waals surface area contributed by atoms with Crippen LogP contribution in [0.15, 0.2) is 65.2 Å². The highest BCUT2D eigenvalue weighted by molar-refractivity contribution is 7.49. The van der Waals surface area contributed by atoms with Crippen molar-refractivity contribution in [2.75, 3.05) is 0 Å². The van der Waals surface area contributed by atoms with E-state index in [9.17, 15) is 0 Å². The Hall–Kier alpha value is -2.90. The number of benzene rings is 3. The predicted molar refractivity (Wildman–Crippen MR) is 134 cm³/mol. The van der Waals surface area contributed by atoms with Crippen LogP contribution < -0.4 is 9.05 Å².